The number of aryl methyl sites for hydroxylation is 1. The lowest BCUT2D eigenvalue weighted by Crippen LogP contribution is -2.30. The van der Waals surface area contributed by atoms with Crippen molar-refractivity contribution in [2.45, 2.75) is 19.9 Å². The standard InChI is InChI=1S/C24H25N5O3/c1-18-6-8-19(9-7-18)23-27-21(17-32-23)10-12-25-24(30)28-20-4-2-5-22(16-20)31-15-14-29-13-3-11-26-29/h2-9,11,13,16-17H,10,12,14-15H2,1H3,(H2,25,28,30). The molecule has 2 N–H and O–H groups in total. The van der Waals surface area contributed by atoms with Crippen molar-refractivity contribution in [2.75, 3.05) is 18.5 Å². The summed E-state index contributed by atoms with van der Waals surface area (Å²) in [6.07, 6.45) is 5.81. The lowest BCUT2D eigenvalue weighted by Gasteiger charge is -2.10. The van der Waals surface area contributed by atoms with E-state index in [1.807, 2.05) is 61.7 Å². The van der Waals surface area contributed by atoms with Crippen LogP contribution in [0.25, 0.3) is 11.5 Å². The zero-order valence-corrected chi connectivity index (χ0v) is 17.8. The van der Waals surface area contributed by atoms with Gasteiger partial charge in [-0.15, -0.1) is 0 Å². The van der Waals surface area contributed by atoms with Crippen LogP contribution < -0.4 is 15.4 Å². The first-order valence-corrected chi connectivity index (χ1v) is 10.4. The number of anilines is 1. The predicted octanol–water partition coefficient (Wildman–Crippen LogP) is 4.29. The van der Waals surface area contributed by atoms with Crippen LogP contribution in [0, 0.1) is 6.92 Å². The molecule has 2 aromatic carbocycles. The van der Waals surface area contributed by atoms with Crippen LogP contribution in [0.2, 0.25) is 0 Å². The average Bonchev–Trinajstić information content (AvgIpc) is 3.47. The number of benzene rings is 2. The van der Waals surface area contributed by atoms with Gasteiger partial charge in [-0.05, 0) is 37.3 Å². The van der Waals surface area contributed by atoms with Gasteiger partial charge in [0.1, 0.15) is 18.6 Å². The van der Waals surface area contributed by atoms with E-state index < -0.39 is 0 Å². The lowest BCUT2D eigenvalue weighted by atomic mass is 10.1. The van der Waals surface area contributed by atoms with E-state index in [9.17, 15) is 4.79 Å². The number of carbonyl (C=O) groups is 1. The number of amides is 2. The number of hydrogen-bond acceptors (Lipinski definition) is 5. The normalized spacial score (nSPS) is 10.7. The van der Waals surface area contributed by atoms with Crippen molar-refractivity contribution in [1.82, 2.24) is 20.1 Å². The van der Waals surface area contributed by atoms with E-state index in [1.54, 1.807) is 23.2 Å². The smallest absolute Gasteiger partial charge is 0.319 e. The number of carbonyl (C=O) groups excluding carboxylic acids is 1. The molecule has 0 aliphatic heterocycles. The minimum atomic E-state index is -0.291. The fourth-order valence-corrected chi connectivity index (χ4v) is 3.08. The van der Waals surface area contributed by atoms with Gasteiger partial charge in [0.15, 0.2) is 0 Å². The van der Waals surface area contributed by atoms with Crippen molar-refractivity contribution in [2.24, 2.45) is 0 Å². The molecule has 0 aliphatic rings. The average molecular weight is 431 g/mol. The van der Waals surface area contributed by atoms with Crippen LogP contribution in [0.5, 0.6) is 5.75 Å². The van der Waals surface area contributed by atoms with Crippen LogP contribution >= 0.6 is 0 Å². The molecule has 8 nitrogen and oxygen atoms in total. The molecule has 0 unspecified atom stereocenters. The first-order chi connectivity index (χ1) is 15.7. The largest absolute Gasteiger partial charge is 0.492 e. The molecule has 0 saturated heterocycles. The SMILES string of the molecule is Cc1ccc(-c2nc(CCNC(=O)Nc3cccc(OCCn4cccn4)c3)co2)cc1. The molecule has 0 radical (unpaired) electrons. The molecular formula is C24H25N5O3. The highest BCUT2D eigenvalue weighted by Gasteiger charge is 2.08. The summed E-state index contributed by atoms with van der Waals surface area (Å²) in [4.78, 5) is 16.7. The Balaban J connectivity index is 1.21. The Labute approximate surface area is 186 Å². The summed E-state index contributed by atoms with van der Waals surface area (Å²) in [7, 11) is 0. The maximum Gasteiger partial charge on any atom is 0.319 e. The van der Waals surface area contributed by atoms with Crippen molar-refractivity contribution in [1.29, 1.82) is 0 Å². The van der Waals surface area contributed by atoms with E-state index in [0.29, 0.717) is 43.4 Å². The second kappa shape index (κ2) is 10.3. The second-order valence-corrected chi connectivity index (χ2v) is 7.29. The number of nitrogens with one attached hydrogen (secondary N) is 2. The first kappa shape index (κ1) is 21.2. The summed E-state index contributed by atoms with van der Waals surface area (Å²) in [6.45, 7) is 3.61. The molecule has 0 saturated carbocycles. The molecule has 4 aromatic rings. The quantitative estimate of drug-likeness (QED) is 0.412. The summed E-state index contributed by atoms with van der Waals surface area (Å²) >= 11 is 0. The molecule has 2 amide bonds. The van der Waals surface area contributed by atoms with Crippen LogP contribution in [-0.4, -0.2) is 33.9 Å². The Hall–Kier alpha value is -4.07. The number of rotatable bonds is 9. The Morgan fingerprint density at radius 2 is 2.03 bits per heavy atom. The van der Waals surface area contributed by atoms with Gasteiger partial charge in [-0.3, -0.25) is 4.68 Å². The van der Waals surface area contributed by atoms with Crippen LogP contribution in [0.4, 0.5) is 10.5 Å². The van der Waals surface area contributed by atoms with E-state index in [-0.39, 0.29) is 6.03 Å². The maximum atomic E-state index is 12.2. The number of urea groups is 1. The zero-order valence-electron chi connectivity index (χ0n) is 17.8. The van der Waals surface area contributed by atoms with E-state index >= 15 is 0 Å². The van der Waals surface area contributed by atoms with Gasteiger partial charge in [0.2, 0.25) is 5.89 Å². The molecule has 8 heteroatoms. The topological polar surface area (TPSA) is 94.2 Å². The molecule has 0 spiro atoms. The lowest BCUT2D eigenvalue weighted by molar-refractivity contribution is 0.252. The second-order valence-electron chi connectivity index (χ2n) is 7.29. The molecule has 32 heavy (non-hydrogen) atoms. The van der Waals surface area contributed by atoms with Gasteiger partial charge in [0.25, 0.3) is 0 Å². The number of hydrogen-bond donors (Lipinski definition) is 2. The molecule has 0 aliphatic carbocycles. The third-order valence-corrected chi connectivity index (χ3v) is 4.76. The van der Waals surface area contributed by atoms with Gasteiger partial charge in [0, 0.05) is 42.7 Å². The van der Waals surface area contributed by atoms with Gasteiger partial charge < -0.3 is 19.8 Å². The highest BCUT2D eigenvalue weighted by molar-refractivity contribution is 5.89. The van der Waals surface area contributed by atoms with Crippen molar-refractivity contribution >= 4 is 11.7 Å². The van der Waals surface area contributed by atoms with Crippen LogP contribution in [0.3, 0.4) is 0 Å². The maximum absolute atomic E-state index is 12.2. The third kappa shape index (κ3) is 5.98. The summed E-state index contributed by atoms with van der Waals surface area (Å²) in [5.74, 6) is 1.26. The van der Waals surface area contributed by atoms with E-state index in [1.165, 1.54) is 5.56 Å². The first-order valence-electron chi connectivity index (χ1n) is 10.4. The van der Waals surface area contributed by atoms with Gasteiger partial charge in [-0.2, -0.15) is 5.10 Å². The molecule has 0 fully saturated rings. The van der Waals surface area contributed by atoms with Gasteiger partial charge in [-0.1, -0.05) is 23.8 Å². The van der Waals surface area contributed by atoms with Crippen LogP contribution in [0.15, 0.2) is 77.7 Å². The number of oxazole rings is 1. The number of nitrogens with zero attached hydrogens (tertiary/aromatic N) is 3. The van der Waals surface area contributed by atoms with E-state index in [4.69, 9.17) is 9.15 Å². The molecule has 0 atom stereocenters. The van der Waals surface area contributed by atoms with Crippen molar-refractivity contribution in [3.63, 3.8) is 0 Å². The summed E-state index contributed by atoms with van der Waals surface area (Å²) in [5, 5.41) is 9.79. The molecular weight excluding hydrogens is 406 g/mol. The Morgan fingerprint density at radius 3 is 2.84 bits per heavy atom. The molecule has 2 aromatic heterocycles. The fraction of sp³-hybridized carbons (Fsp3) is 0.208. The summed E-state index contributed by atoms with van der Waals surface area (Å²) in [5.41, 5.74) is 3.55. The minimum absolute atomic E-state index is 0.291. The van der Waals surface area contributed by atoms with Crippen molar-refractivity contribution in [3.05, 3.63) is 84.5 Å². The van der Waals surface area contributed by atoms with Crippen molar-refractivity contribution in [3.8, 4) is 17.2 Å². The van der Waals surface area contributed by atoms with E-state index in [0.717, 1.165) is 11.3 Å². The number of aromatic nitrogens is 3. The van der Waals surface area contributed by atoms with Crippen molar-refractivity contribution < 1.29 is 13.9 Å². The third-order valence-electron chi connectivity index (χ3n) is 4.76. The molecule has 4 rings (SSSR count). The Morgan fingerprint density at radius 1 is 1.16 bits per heavy atom. The predicted molar refractivity (Wildman–Crippen MR) is 122 cm³/mol. The number of ether oxygens (including phenoxy) is 1. The minimum Gasteiger partial charge on any atom is -0.492 e. The highest BCUT2D eigenvalue weighted by atomic mass is 16.5. The zero-order chi connectivity index (χ0) is 22.2. The fourth-order valence-electron chi connectivity index (χ4n) is 3.08. The monoisotopic (exact) mass is 431 g/mol. The van der Waals surface area contributed by atoms with Crippen LogP contribution in [-0.2, 0) is 13.0 Å². The van der Waals surface area contributed by atoms with E-state index in [2.05, 4.69) is 20.7 Å². The van der Waals surface area contributed by atoms with Gasteiger partial charge in [-0.25, -0.2) is 9.78 Å². The molecule has 164 valence electrons. The highest BCUT2D eigenvalue weighted by Crippen LogP contribution is 2.19. The van der Waals surface area contributed by atoms with Gasteiger partial charge in [0.05, 0.1) is 12.2 Å². The van der Waals surface area contributed by atoms with Crippen LogP contribution in [0.1, 0.15) is 11.3 Å². The van der Waals surface area contributed by atoms with Gasteiger partial charge >= 0.3 is 6.03 Å². The Bertz CT molecular complexity index is 1140. The molecule has 0 bridgehead atoms. The summed E-state index contributed by atoms with van der Waals surface area (Å²) < 4.78 is 13.1. The Kier molecular flexibility index (Phi) is 6.81. The summed E-state index contributed by atoms with van der Waals surface area (Å²) in [6, 6.07) is 16.9. The molecule has 2 heterocycles.